The summed E-state index contributed by atoms with van der Waals surface area (Å²) in [4.78, 5) is 109. The van der Waals surface area contributed by atoms with Crippen molar-refractivity contribution in [3.05, 3.63) is 105 Å². The van der Waals surface area contributed by atoms with Gasteiger partial charge in [-0.2, -0.15) is 0 Å². The van der Waals surface area contributed by atoms with Gasteiger partial charge < -0.3 is 56.9 Å². The number of halogens is 1. The van der Waals surface area contributed by atoms with Crippen molar-refractivity contribution in [2.75, 3.05) is 58.0 Å². The molecule has 4 heterocycles. The van der Waals surface area contributed by atoms with Crippen molar-refractivity contribution in [2.45, 2.75) is 109 Å². The number of amides is 5. The maximum absolute atomic E-state index is 15.0. The van der Waals surface area contributed by atoms with Gasteiger partial charge in [0, 0.05) is 31.1 Å². The van der Waals surface area contributed by atoms with Crippen LogP contribution in [0.1, 0.15) is 94.4 Å². The zero-order chi connectivity index (χ0) is 61.6. The molecule has 3 fully saturated rings. The number of benzene rings is 3. The number of rotatable bonds is 22. The molecule has 1 unspecified atom stereocenters. The Bertz CT molecular complexity index is 3250. The Morgan fingerprint density at radius 2 is 1.49 bits per heavy atom. The first kappa shape index (κ1) is 63.5. The fourth-order valence-corrected chi connectivity index (χ4v) is 12.4. The number of thiazole rings is 1. The zero-order valence-electron chi connectivity index (χ0n) is 48.9. The molecule has 3 aliphatic heterocycles. The fraction of sp³-hybridized carbons (Fsp3) is 0.446. The molecule has 1 saturated carbocycles. The number of hydrogen-bond donors (Lipinski definition) is 2. The summed E-state index contributed by atoms with van der Waals surface area (Å²) in [5.41, 5.74) is -2.30. The van der Waals surface area contributed by atoms with Crippen LogP contribution in [-0.2, 0) is 67.2 Å². The molecule has 4 aliphatic rings. The Morgan fingerprint density at radius 3 is 2.06 bits per heavy atom. The highest BCUT2D eigenvalue weighted by Gasteiger charge is 2.62. The van der Waals surface area contributed by atoms with E-state index >= 15 is 0 Å². The minimum absolute atomic E-state index is 0.0146. The van der Waals surface area contributed by atoms with Gasteiger partial charge in [0.1, 0.15) is 59.6 Å². The number of fused-ring (bicyclic) bond motifs is 1. The first-order valence-corrected chi connectivity index (χ1v) is 29.8. The Kier molecular flexibility index (Phi) is 19.7. The topological polar surface area (TPSA) is 281 Å². The number of ether oxygens (including phenoxy) is 6. The third kappa shape index (κ3) is 15.1. The first-order chi connectivity index (χ1) is 40.3. The number of likely N-dealkylation sites (tertiary alicyclic amines) is 1. The second-order valence-corrected chi connectivity index (χ2v) is 25.3. The van der Waals surface area contributed by atoms with E-state index < -0.39 is 87.0 Å². The molecule has 29 heteroatoms. The summed E-state index contributed by atoms with van der Waals surface area (Å²) in [6.07, 6.45) is 0.130. The van der Waals surface area contributed by atoms with Gasteiger partial charge in [-0.25, -0.2) is 29.1 Å². The Morgan fingerprint density at radius 1 is 0.882 bits per heavy atom. The molecule has 3 atom stereocenters. The SMILES string of the molecule is BOC(=O)C1=C(C[N+]2(CCN(C(=O)OC(C)(C)C)C(=O)c3ccc(OCc4ccc(OC)cc4)c(OCc4ccc(OC)cc4)c3Cl)CCCC2)C[S+]([O-])[C@@H]2[C@H](NC(=O)/C(=N\OC3(C(=O)OB)CC3)c3csc(NC(=O)OC(C)(C)C)n3)C(=O)N12. The minimum atomic E-state index is -1.95. The molecule has 1 aromatic heterocycles. The number of carbonyl (C=O) groups is 7. The Hall–Kier alpha value is -7.52. The molecule has 0 spiro atoms. The van der Waals surface area contributed by atoms with Gasteiger partial charge >= 0.3 is 40.2 Å². The second-order valence-electron chi connectivity index (χ2n) is 22.5. The van der Waals surface area contributed by atoms with Gasteiger partial charge in [0.05, 0.1) is 56.6 Å². The Balaban J connectivity index is 1.04. The molecule has 2 saturated heterocycles. The van der Waals surface area contributed by atoms with E-state index in [4.69, 9.17) is 54.2 Å². The van der Waals surface area contributed by atoms with Crippen molar-refractivity contribution in [1.29, 1.82) is 0 Å². The van der Waals surface area contributed by atoms with Crippen LogP contribution in [-0.4, -0.2) is 168 Å². The van der Waals surface area contributed by atoms with Crippen LogP contribution in [0.3, 0.4) is 0 Å². The van der Waals surface area contributed by atoms with Crippen molar-refractivity contribution >= 4 is 103 Å². The van der Waals surface area contributed by atoms with E-state index in [1.54, 1.807) is 86.1 Å². The number of aromatic nitrogens is 1. The van der Waals surface area contributed by atoms with Gasteiger partial charge in [-0.1, -0.05) is 41.0 Å². The number of methoxy groups -OCH3 is 2. The summed E-state index contributed by atoms with van der Waals surface area (Å²) in [5, 5.41) is 9.13. The number of hydrogen-bond acceptors (Lipinski definition) is 20. The van der Waals surface area contributed by atoms with Gasteiger partial charge in [0.25, 0.3) is 17.7 Å². The van der Waals surface area contributed by atoms with Crippen LogP contribution in [0.15, 0.2) is 82.5 Å². The van der Waals surface area contributed by atoms with E-state index in [9.17, 15) is 38.1 Å². The largest absolute Gasteiger partial charge is 0.614 e. The molecule has 2 N–H and O–H groups in total. The fourth-order valence-electron chi connectivity index (χ4n) is 9.70. The lowest BCUT2D eigenvalue weighted by Gasteiger charge is -2.50. The van der Waals surface area contributed by atoms with Crippen LogP contribution in [0, 0.1) is 0 Å². The Labute approximate surface area is 505 Å². The molecule has 24 nitrogen and oxygen atoms in total. The molecule has 0 radical (unpaired) electrons. The molecule has 1 aliphatic carbocycles. The van der Waals surface area contributed by atoms with E-state index in [-0.39, 0.29) is 94.5 Å². The standard InChI is InChI=1S/C56H66B2ClN7O17S2/c1-54(2,3)79-52(72)62-51-60-38(30-84-51)41(63-83-56(21-22-56)50(71)82-58)45(67)61-42-47(69)65-43(49(70)81-57)34(31-85(74)48(42)65)27-66(24-9-10-25-66)26-23-64(53(73)80-55(4,5)6)46(68)37-19-20-39(77-28-32-11-15-35(75-7)16-12-32)44(40(37)59)78-29-33-13-17-36(76-8)18-14-33/h11-20,30,42,48H,9-10,21-29,31,57-58H2,1-8H3,(H-,60,61,62,67,72)/p+1/b63-41-/t42-,48-,85?/m1/s1. The van der Waals surface area contributed by atoms with Crippen LogP contribution < -0.4 is 29.6 Å². The summed E-state index contributed by atoms with van der Waals surface area (Å²) < 4.78 is 59.2. The van der Waals surface area contributed by atoms with Crippen molar-refractivity contribution in [2.24, 2.45) is 5.16 Å². The number of oxime groups is 1. The highest BCUT2D eigenvalue weighted by Crippen LogP contribution is 2.43. The maximum atomic E-state index is 15.0. The summed E-state index contributed by atoms with van der Waals surface area (Å²) in [7, 11) is 5.44. The average molecular weight is 1230 g/mol. The predicted octanol–water partition coefficient (Wildman–Crippen LogP) is 5.11. The number of quaternary nitrogens is 1. The number of carbonyl (C=O) groups excluding carboxylic acids is 7. The number of β-lactam (4-membered cyclic amide) rings is 1. The van der Waals surface area contributed by atoms with Crippen molar-refractivity contribution in [3.63, 3.8) is 0 Å². The molecule has 452 valence electrons. The molecule has 3 aromatic carbocycles. The first-order valence-electron chi connectivity index (χ1n) is 27.2. The predicted molar refractivity (Wildman–Crippen MR) is 316 cm³/mol. The van der Waals surface area contributed by atoms with E-state index in [1.807, 2.05) is 24.3 Å². The zero-order valence-corrected chi connectivity index (χ0v) is 51.3. The number of anilines is 1. The summed E-state index contributed by atoms with van der Waals surface area (Å²) in [5.74, 6) is -2.88. The smallest absolute Gasteiger partial charge is 0.417 e. The average Bonchev–Trinajstić information content (AvgIpc) is 2.17. The van der Waals surface area contributed by atoms with E-state index in [1.165, 1.54) is 19.5 Å². The molecule has 4 aromatic rings. The summed E-state index contributed by atoms with van der Waals surface area (Å²) >= 11 is 6.14. The number of nitrogens with one attached hydrogen (secondary N) is 2. The van der Waals surface area contributed by atoms with E-state index in [0.29, 0.717) is 43.0 Å². The van der Waals surface area contributed by atoms with Crippen LogP contribution in [0.25, 0.3) is 0 Å². The molecular weight excluding hydrogens is 1160 g/mol. The normalized spacial score (nSPS) is 18.6. The van der Waals surface area contributed by atoms with Gasteiger partial charge in [-0.3, -0.25) is 24.6 Å². The summed E-state index contributed by atoms with van der Waals surface area (Å²) in [6, 6.07) is 16.0. The number of nitrogens with zero attached hydrogens (tertiary/aromatic N) is 5. The molecular formula is C56H67B2ClN7O17S2+. The third-order valence-electron chi connectivity index (χ3n) is 14.1. The van der Waals surface area contributed by atoms with Crippen LogP contribution >= 0.6 is 22.9 Å². The lowest BCUT2D eigenvalue weighted by Crippen LogP contribution is -2.75. The van der Waals surface area contributed by atoms with Crippen LogP contribution in [0.2, 0.25) is 5.02 Å². The van der Waals surface area contributed by atoms with Crippen LogP contribution in [0.4, 0.5) is 14.7 Å². The monoisotopic (exact) mass is 1230 g/mol. The van der Waals surface area contributed by atoms with Crippen molar-refractivity contribution in [3.8, 4) is 23.0 Å². The van der Waals surface area contributed by atoms with E-state index in [0.717, 1.165) is 40.3 Å². The summed E-state index contributed by atoms with van der Waals surface area (Å²) in [6.45, 7) is 11.1. The quantitative estimate of drug-likeness (QED) is 0.0258. The second kappa shape index (κ2) is 26.4. The molecule has 0 bridgehead atoms. The van der Waals surface area contributed by atoms with Crippen molar-refractivity contribution in [1.82, 2.24) is 20.1 Å². The molecule has 8 rings (SSSR count). The molecule has 85 heavy (non-hydrogen) atoms. The maximum Gasteiger partial charge on any atom is 0.417 e. The van der Waals surface area contributed by atoms with Gasteiger partial charge in [-0.05, 0) is 100 Å². The lowest BCUT2D eigenvalue weighted by molar-refractivity contribution is -0.911. The third-order valence-corrected chi connectivity index (χ3v) is 16.9. The minimum Gasteiger partial charge on any atom is -0.614 e. The van der Waals surface area contributed by atoms with Gasteiger partial charge in [0.15, 0.2) is 28.4 Å². The highest BCUT2D eigenvalue weighted by atomic mass is 35.5. The van der Waals surface area contributed by atoms with E-state index in [2.05, 4.69) is 20.8 Å². The lowest BCUT2D eigenvalue weighted by atomic mass is 10.0. The van der Waals surface area contributed by atoms with Crippen molar-refractivity contribution < 1.29 is 85.2 Å². The molecule has 5 amide bonds. The van der Waals surface area contributed by atoms with Gasteiger partial charge in [-0.15, -0.1) is 11.3 Å². The number of imide groups is 1. The van der Waals surface area contributed by atoms with Gasteiger partial charge in [0.2, 0.25) is 11.0 Å². The van der Waals surface area contributed by atoms with Crippen LogP contribution in [0.5, 0.6) is 23.0 Å². The highest BCUT2D eigenvalue weighted by molar-refractivity contribution is 7.92.